The van der Waals surface area contributed by atoms with Crippen molar-refractivity contribution in [2.75, 3.05) is 18.5 Å². The molecule has 0 aromatic heterocycles. The highest BCUT2D eigenvalue weighted by molar-refractivity contribution is 5.90. The van der Waals surface area contributed by atoms with Crippen LogP contribution >= 0.6 is 0 Å². The molecule has 1 aromatic rings. The molecule has 2 rings (SSSR count). The van der Waals surface area contributed by atoms with Crippen LogP contribution in [0.3, 0.4) is 0 Å². The highest BCUT2D eigenvalue weighted by Crippen LogP contribution is 2.24. The molecule has 19 heavy (non-hydrogen) atoms. The summed E-state index contributed by atoms with van der Waals surface area (Å²) in [6, 6.07) is 7.55. The molecule has 1 amide bonds. The quantitative estimate of drug-likeness (QED) is 0.850. The molecule has 0 spiro atoms. The van der Waals surface area contributed by atoms with Crippen molar-refractivity contribution in [2.45, 2.75) is 32.1 Å². The Kier molecular flexibility index (Phi) is 4.90. The van der Waals surface area contributed by atoms with Gasteiger partial charge >= 0.3 is 0 Å². The molecule has 1 atom stereocenters. The second-order valence-corrected chi connectivity index (χ2v) is 4.76. The summed E-state index contributed by atoms with van der Waals surface area (Å²) in [6.07, 6.45) is 0.852. The fourth-order valence-corrected chi connectivity index (χ4v) is 1.86. The summed E-state index contributed by atoms with van der Waals surface area (Å²) in [5.41, 5.74) is 7.35. The molecule has 0 radical (unpaired) electrons. The average Bonchev–Trinajstić information content (AvgIpc) is 2.91. The molecule has 0 bridgehead atoms. The third kappa shape index (κ3) is 4.31. The monoisotopic (exact) mass is 264 g/mol. The molecule has 1 saturated heterocycles. The van der Waals surface area contributed by atoms with Crippen molar-refractivity contribution in [3.05, 3.63) is 29.8 Å². The van der Waals surface area contributed by atoms with Gasteiger partial charge in [-0.3, -0.25) is 4.79 Å². The highest BCUT2D eigenvalue weighted by atomic mass is 16.7. The van der Waals surface area contributed by atoms with Crippen molar-refractivity contribution in [3.8, 4) is 0 Å². The molecule has 1 heterocycles. The zero-order valence-corrected chi connectivity index (χ0v) is 11.1. The van der Waals surface area contributed by atoms with E-state index in [9.17, 15) is 4.79 Å². The number of anilines is 1. The smallest absolute Gasteiger partial charge is 0.224 e. The first kappa shape index (κ1) is 14.0. The van der Waals surface area contributed by atoms with Crippen molar-refractivity contribution >= 4 is 11.6 Å². The Labute approximate surface area is 113 Å². The van der Waals surface area contributed by atoms with E-state index in [0.717, 1.165) is 11.3 Å². The molecular weight excluding hydrogens is 244 g/mol. The highest BCUT2D eigenvalue weighted by Gasteiger charge is 2.17. The minimum atomic E-state index is -0.275. The molecule has 104 valence electrons. The Morgan fingerprint density at radius 3 is 2.58 bits per heavy atom. The van der Waals surface area contributed by atoms with Gasteiger partial charge < -0.3 is 20.5 Å². The van der Waals surface area contributed by atoms with E-state index in [1.54, 1.807) is 0 Å². The molecule has 0 aliphatic carbocycles. The van der Waals surface area contributed by atoms with Crippen LogP contribution in [0.25, 0.3) is 0 Å². The van der Waals surface area contributed by atoms with Crippen molar-refractivity contribution in [1.82, 2.24) is 0 Å². The van der Waals surface area contributed by atoms with Gasteiger partial charge in [0.15, 0.2) is 6.29 Å². The van der Waals surface area contributed by atoms with E-state index < -0.39 is 0 Å². The number of nitrogens with one attached hydrogen (secondary N) is 1. The summed E-state index contributed by atoms with van der Waals surface area (Å²) in [7, 11) is 0. The molecule has 5 heteroatoms. The molecule has 1 aliphatic heterocycles. The van der Waals surface area contributed by atoms with Gasteiger partial charge in [-0.05, 0) is 25.5 Å². The number of carbonyl (C=O) groups excluding carboxylic acids is 1. The summed E-state index contributed by atoms with van der Waals surface area (Å²) >= 11 is 0. The van der Waals surface area contributed by atoms with Crippen molar-refractivity contribution < 1.29 is 14.3 Å². The summed E-state index contributed by atoms with van der Waals surface area (Å²) in [6.45, 7) is 3.14. The van der Waals surface area contributed by atoms with Crippen LogP contribution in [0.2, 0.25) is 0 Å². The lowest BCUT2D eigenvalue weighted by atomic mass is 10.1. The molecule has 0 saturated carbocycles. The Balaban J connectivity index is 1.86. The van der Waals surface area contributed by atoms with Crippen LogP contribution < -0.4 is 11.1 Å². The second-order valence-electron chi connectivity index (χ2n) is 4.76. The molecule has 3 N–H and O–H groups in total. The SMILES string of the molecule is CC(N)CCC(=O)Nc1ccc(C2OCCO2)cc1. The second kappa shape index (κ2) is 6.65. The number of amides is 1. The predicted molar refractivity (Wildman–Crippen MR) is 72.6 cm³/mol. The first-order chi connectivity index (χ1) is 9.15. The molecule has 1 aliphatic rings. The van der Waals surface area contributed by atoms with Crippen LogP contribution in [-0.2, 0) is 14.3 Å². The van der Waals surface area contributed by atoms with Crippen LogP contribution in [0.5, 0.6) is 0 Å². The summed E-state index contributed by atoms with van der Waals surface area (Å²) < 4.78 is 10.8. The molecule has 1 unspecified atom stereocenters. The Hall–Kier alpha value is -1.43. The van der Waals surface area contributed by atoms with Gasteiger partial charge in [0.1, 0.15) is 0 Å². The lowest BCUT2D eigenvalue weighted by molar-refractivity contribution is -0.116. The molecule has 1 fully saturated rings. The molecule has 1 aromatic carbocycles. The number of benzene rings is 1. The van der Waals surface area contributed by atoms with E-state index in [1.165, 1.54) is 0 Å². The minimum Gasteiger partial charge on any atom is -0.346 e. The van der Waals surface area contributed by atoms with Crippen LogP contribution in [0.4, 0.5) is 5.69 Å². The standard InChI is InChI=1S/C14H20N2O3/c1-10(15)2-7-13(17)16-12-5-3-11(4-6-12)14-18-8-9-19-14/h3-6,10,14H,2,7-9,15H2,1H3,(H,16,17). The maximum atomic E-state index is 11.6. The largest absolute Gasteiger partial charge is 0.346 e. The van der Waals surface area contributed by atoms with E-state index in [0.29, 0.717) is 26.1 Å². The third-order valence-electron chi connectivity index (χ3n) is 2.92. The number of hydrogen-bond acceptors (Lipinski definition) is 4. The van der Waals surface area contributed by atoms with Crippen molar-refractivity contribution in [3.63, 3.8) is 0 Å². The topological polar surface area (TPSA) is 73.6 Å². The van der Waals surface area contributed by atoms with Gasteiger partial charge in [0.05, 0.1) is 13.2 Å². The lowest BCUT2D eigenvalue weighted by Crippen LogP contribution is -2.19. The maximum absolute atomic E-state index is 11.6. The number of ether oxygens (including phenoxy) is 2. The summed E-state index contributed by atoms with van der Waals surface area (Å²) in [5, 5.41) is 2.84. The van der Waals surface area contributed by atoms with E-state index in [4.69, 9.17) is 15.2 Å². The van der Waals surface area contributed by atoms with Crippen LogP contribution in [0.15, 0.2) is 24.3 Å². The van der Waals surface area contributed by atoms with Gasteiger partial charge in [0, 0.05) is 23.7 Å². The van der Waals surface area contributed by atoms with Crippen molar-refractivity contribution in [2.24, 2.45) is 5.73 Å². The first-order valence-corrected chi connectivity index (χ1v) is 6.54. The van der Waals surface area contributed by atoms with Crippen LogP contribution in [0.1, 0.15) is 31.6 Å². The van der Waals surface area contributed by atoms with Crippen molar-refractivity contribution in [1.29, 1.82) is 0 Å². The normalized spacial score (nSPS) is 17.4. The van der Waals surface area contributed by atoms with E-state index >= 15 is 0 Å². The van der Waals surface area contributed by atoms with E-state index in [2.05, 4.69) is 5.32 Å². The van der Waals surface area contributed by atoms with Gasteiger partial charge in [-0.25, -0.2) is 0 Å². The number of hydrogen-bond donors (Lipinski definition) is 2. The van der Waals surface area contributed by atoms with Gasteiger partial charge in [-0.15, -0.1) is 0 Å². The van der Waals surface area contributed by atoms with E-state index in [1.807, 2.05) is 31.2 Å². The lowest BCUT2D eigenvalue weighted by Gasteiger charge is -2.11. The fraction of sp³-hybridized carbons (Fsp3) is 0.500. The van der Waals surface area contributed by atoms with Gasteiger partial charge in [0.25, 0.3) is 0 Å². The minimum absolute atomic E-state index is 0.0154. The predicted octanol–water partition coefficient (Wildman–Crippen LogP) is 1.80. The van der Waals surface area contributed by atoms with Gasteiger partial charge in [-0.1, -0.05) is 12.1 Å². The third-order valence-corrected chi connectivity index (χ3v) is 2.92. The fourth-order valence-electron chi connectivity index (χ4n) is 1.86. The maximum Gasteiger partial charge on any atom is 0.224 e. The van der Waals surface area contributed by atoms with Gasteiger partial charge in [-0.2, -0.15) is 0 Å². The first-order valence-electron chi connectivity index (χ1n) is 6.54. The van der Waals surface area contributed by atoms with E-state index in [-0.39, 0.29) is 18.2 Å². The number of nitrogens with two attached hydrogens (primary N) is 1. The summed E-state index contributed by atoms with van der Waals surface area (Å²) in [5.74, 6) is -0.0154. The van der Waals surface area contributed by atoms with Crippen LogP contribution in [0, 0.1) is 0 Å². The Morgan fingerprint density at radius 1 is 1.37 bits per heavy atom. The van der Waals surface area contributed by atoms with Gasteiger partial charge in [0.2, 0.25) is 5.91 Å². The zero-order valence-electron chi connectivity index (χ0n) is 11.1. The average molecular weight is 264 g/mol. The zero-order chi connectivity index (χ0) is 13.7. The number of carbonyl (C=O) groups is 1. The van der Waals surface area contributed by atoms with Crippen LogP contribution in [-0.4, -0.2) is 25.2 Å². The number of rotatable bonds is 5. The Bertz CT molecular complexity index is 411. The Morgan fingerprint density at radius 2 is 2.00 bits per heavy atom. The molecule has 5 nitrogen and oxygen atoms in total. The molecular formula is C14H20N2O3. The summed E-state index contributed by atoms with van der Waals surface area (Å²) in [4.78, 5) is 11.6.